The summed E-state index contributed by atoms with van der Waals surface area (Å²) in [4.78, 5) is 27.6. The molecule has 8 nitrogen and oxygen atoms in total. The van der Waals surface area contributed by atoms with Crippen LogP contribution >= 0.6 is 0 Å². The van der Waals surface area contributed by atoms with Crippen LogP contribution < -0.4 is 5.43 Å². The van der Waals surface area contributed by atoms with Gasteiger partial charge in [-0.3, -0.25) is 0 Å². The number of nitrogens with zero attached hydrogens (tertiary/aromatic N) is 3. The van der Waals surface area contributed by atoms with Crippen LogP contribution in [0.4, 0.5) is 5.95 Å². The maximum Gasteiger partial charge on any atom is 0.339 e. The minimum Gasteiger partial charge on any atom is -0.478 e. The van der Waals surface area contributed by atoms with Crippen molar-refractivity contribution in [2.45, 2.75) is 6.92 Å². The first-order valence-electron chi connectivity index (χ1n) is 3.48. The lowest BCUT2D eigenvalue weighted by Crippen LogP contribution is -2.13. The van der Waals surface area contributed by atoms with Crippen LogP contribution in [-0.2, 0) is 0 Å². The highest BCUT2D eigenvalue weighted by Gasteiger charge is 2.11. The fourth-order valence-electron chi connectivity index (χ4n) is 0.813. The van der Waals surface area contributed by atoms with Crippen LogP contribution in [0.15, 0.2) is 6.20 Å². The Hall–Kier alpha value is -2.25. The van der Waals surface area contributed by atoms with Gasteiger partial charge in [0.2, 0.25) is 0 Å². The van der Waals surface area contributed by atoms with E-state index in [2.05, 4.69) is 9.97 Å². The quantitative estimate of drug-likeness (QED) is 0.521. The number of carboxylic acid groups (broad SMARTS) is 1. The van der Waals surface area contributed by atoms with E-state index in [-0.39, 0.29) is 17.2 Å². The smallest absolute Gasteiger partial charge is 0.339 e. The standard InChI is InChI=1S/C6H6N4O4/c1-3-4(5(11)12)2-7-6(8-3)9-10(13)14/h2H,1H3,(H,11,12)(H,7,8,9). The van der Waals surface area contributed by atoms with Crippen molar-refractivity contribution in [1.82, 2.24) is 9.97 Å². The van der Waals surface area contributed by atoms with Gasteiger partial charge in [0.25, 0.3) is 5.95 Å². The molecule has 1 rings (SSSR count). The average molecular weight is 198 g/mol. The van der Waals surface area contributed by atoms with Crippen molar-refractivity contribution >= 4 is 11.9 Å². The molecule has 0 aromatic carbocycles. The molecule has 0 unspecified atom stereocenters. The van der Waals surface area contributed by atoms with Gasteiger partial charge in [-0.15, -0.1) is 0 Å². The van der Waals surface area contributed by atoms with Crippen LogP contribution in [0.2, 0.25) is 0 Å². The largest absolute Gasteiger partial charge is 0.478 e. The normalized spacial score (nSPS) is 9.50. The molecule has 0 atom stereocenters. The second-order valence-corrected chi connectivity index (χ2v) is 2.37. The minimum absolute atomic E-state index is 0.0844. The molecule has 2 N–H and O–H groups in total. The first-order valence-corrected chi connectivity index (χ1v) is 3.48. The number of carbonyl (C=O) groups is 1. The summed E-state index contributed by atoms with van der Waals surface area (Å²) >= 11 is 0. The Bertz CT molecular complexity index is 391. The zero-order valence-electron chi connectivity index (χ0n) is 7.09. The number of hydrogen-bond donors (Lipinski definition) is 2. The number of nitrogens with one attached hydrogen (secondary N) is 1. The molecule has 0 spiro atoms. The Morgan fingerprint density at radius 1 is 1.71 bits per heavy atom. The maximum atomic E-state index is 10.5. The van der Waals surface area contributed by atoms with Crippen molar-refractivity contribution in [2.24, 2.45) is 0 Å². The Morgan fingerprint density at radius 2 is 2.36 bits per heavy atom. The van der Waals surface area contributed by atoms with Gasteiger partial charge in [0.05, 0.1) is 11.3 Å². The van der Waals surface area contributed by atoms with Crippen LogP contribution in [0.5, 0.6) is 0 Å². The number of anilines is 1. The van der Waals surface area contributed by atoms with Gasteiger partial charge >= 0.3 is 5.97 Å². The lowest BCUT2D eigenvalue weighted by atomic mass is 10.2. The summed E-state index contributed by atoms with van der Waals surface area (Å²) in [5.41, 5.74) is 1.80. The van der Waals surface area contributed by atoms with E-state index in [1.165, 1.54) is 6.92 Å². The molecule has 0 saturated heterocycles. The van der Waals surface area contributed by atoms with Crippen LogP contribution in [0.25, 0.3) is 0 Å². The second kappa shape index (κ2) is 3.64. The van der Waals surface area contributed by atoms with Crippen molar-refractivity contribution in [2.75, 3.05) is 5.43 Å². The number of aryl methyl sites for hydroxylation is 1. The van der Waals surface area contributed by atoms with Gasteiger partial charge in [-0.25, -0.2) is 24.9 Å². The Kier molecular flexibility index (Phi) is 2.56. The molecule has 0 aliphatic heterocycles. The molecule has 0 fully saturated rings. The van der Waals surface area contributed by atoms with Crippen molar-refractivity contribution in [1.29, 1.82) is 0 Å². The van der Waals surface area contributed by atoms with E-state index >= 15 is 0 Å². The third-order valence-electron chi connectivity index (χ3n) is 1.40. The molecular weight excluding hydrogens is 192 g/mol. The van der Waals surface area contributed by atoms with Crippen molar-refractivity contribution in [3.05, 3.63) is 27.6 Å². The molecule has 1 aromatic heterocycles. The van der Waals surface area contributed by atoms with Gasteiger partial charge in [-0.2, -0.15) is 0 Å². The zero-order chi connectivity index (χ0) is 10.7. The molecule has 0 aliphatic carbocycles. The average Bonchev–Trinajstić information content (AvgIpc) is 2.01. The molecular formula is C6H6N4O4. The maximum absolute atomic E-state index is 10.5. The summed E-state index contributed by atoms with van der Waals surface area (Å²) in [6, 6.07) is 0. The number of hydrazine groups is 1. The van der Waals surface area contributed by atoms with Gasteiger partial charge in [-0.05, 0) is 6.92 Å². The summed E-state index contributed by atoms with van der Waals surface area (Å²) in [6.45, 7) is 1.43. The first-order chi connectivity index (χ1) is 6.50. The molecule has 0 aliphatic rings. The Balaban J connectivity index is 3.00. The summed E-state index contributed by atoms with van der Waals surface area (Å²) in [6.07, 6.45) is 1.01. The van der Waals surface area contributed by atoms with Crippen LogP contribution in [-0.4, -0.2) is 26.1 Å². The topological polar surface area (TPSA) is 118 Å². The number of rotatable bonds is 3. The van der Waals surface area contributed by atoms with E-state index in [4.69, 9.17) is 5.11 Å². The van der Waals surface area contributed by atoms with E-state index in [0.717, 1.165) is 6.20 Å². The molecule has 1 aromatic rings. The summed E-state index contributed by atoms with van der Waals surface area (Å²) in [5.74, 6) is -1.41. The molecule has 8 heteroatoms. The summed E-state index contributed by atoms with van der Waals surface area (Å²) < 4.78 is 0. The SMILES string of the molecule is Cc1nc(N[N+](=O)[O-])ncc1C(=O)O. The molecule has 0 radical (unpaired) electrons. The summed E-state index contributed by atoms with van der Waals surface area (Å²) in [5, 5.41) is 17.8. The minimum atomic E-state index is -1.17. The molecule has 0 saturated carbocycles. The predicted octanol–water partition coefficient (Wildman–Crippen LogP) is 0.0868. The van der Waals surface area contributed by atoms with Crippen molar-refractivity contribution in [3.63, 3.8) is 0 Å². The zero-order valence-corrected chi connectivity index (χ0v) is 7.09. The number of carboxylic acids is 1. The number of nitro groups is 1. The van der Waals surface area contributed by atoms with E-state index < -0.39 is 11.0 Å². The van der Waals surface area contributed by atoms with Crippen LogP contribution in [0.3, 0.4) is 0 Å². The van der Waals surface area contributed by atoms with Crippen LogP contribution in [0, 0.1) is 17.0 Å². The molecule has 0 bridgehead atoms. The Morgan fingerprint density at radius 3 is 2.79 bits per heavy atom. The lowest BCUT2D eigenvalue weighted by Gasteiger charge is -2.00. The van der Waals surface area contributed by atoms with E-state index in [1.807, 2.05) is 0 Å². The highest BCUT2D eigenvalue weighted by molar-refractivity contribution is 5.88. The fraction of sp³-hybridized carbons (Fsp3) is 0.167. The molecule has 74 valence electrons. The molecule has 1 heterocycles. The van der Waals surface area contributed by atoms with Gasteiger partial charge in [-0.1, -0.05) is 5.43 Å². The number of aromatic nitrogens is 2. The monoisotopic (exact) mass is 198 g/mol. The number of aromatic carboxylic acids is 1. The van der Waals surface area contributed by atoms with E-state index in [1.54, 1.807) is 5.43 Å². The van der Waals surface area contributed by atoms with Crippen molar-refractivity contribution in [3.8, 4) is 0 Å². The fourth-order valence-corrected chi connectivity index (χ4v) is 0.813. The third kappa shape index (κ3) is 2.12. The highest BCUT2D eigenvalue weighted by atomic mass is 16.7. The Labute approximate surface area is 77.7 Å². The van der Waals surface area contributed by atoms with Gasteiger partial charge in [0.1, 0.15) is 0 Å². The number of hydrogen-bond acceptors (Lipinski definition) is 5. The highest BCUT2D eigenvalue weighted by Crippen LogP contribution is 2.06. The summed E-state index contributed by atoms with van der Waals surface area (Å²) in [7, 11) is 0. The van der Waals surface area contributed by atoms with E-state index in [0.29, 0.717) is 0 Å². The predicted molar refractivity (Wildman–Crippen MR) is 44.3 cm³/mol. The van der Waals surface area contributed by atoms with Crippen LogP contribution in [0.1, 0.15) is 16.1 Å². The van der Waals surface area contributed by atoms with Crippen molar-refractivity contribution < 1.29 is 14.9 Å². The van der Waals surface area contributed by atoms with E-state index in [9.17, 15) is 14.9 Å². The second-order valence-electron chi connectivity index (χ2n) is 2.37. The first kappa shape index (κ1) is 9.84. The third-order valence-corrected chi connectivity index (χ3v) is 1.40. The molecule has 14 heavy (non-hydrogen) atoms. The molecule has 0 amide bonds. The van der Waals surface area contributed by atoms with Gasteiger partial charge < -0.3 is 5.11 Å². The lowest BCUT2D eigenvalue weighted by molar-refractivity contribution is -0.446. The van der Waals surface area contributed by atoms with Gasteiger partial charge in [0, 0.05) is 6.20 Å². The van der Waals surface area contributed by atoms with Gasteiger partial charge in [0.15, 0.2) is 5.03 Å².